The van der Waals surface area contributed by atoms with Gasteiger partial charge in [-0.1, -0.05) is 0 Å². The van der Waals surface area contributed by atoms with Crippen molar-refractivity contribution >= 4 is 5.97 Å². The maximum atomic E-state index is 10.3. The molecule has 1 unspecified atom stereocenters. The van der Waals surface area contributed by atoms with Crippen molar-refractivity contribution in [2.45, 2.75) is 6.10 Å². The van der Waals surface area contributed by atoms with Gasteiger partial charge < -0.3 is 9.47 Å². The molecule has 0 heterocycles. The summed E-state index contributed by atoms with van der Waals surface area (Å²) >= 11 is 0. The Hall–Kier alpha value is -0.570. The van der Waals surface area contributed by atoms with Crippen LogP contribution in [0.25, 0.3) is 0 Å². The summed E-state index contributed by atoms with van der Waals surface area (Å²) in [5, 5.41) is 0. The van der Waals surface area contributed by atoms with Crippen LogP contribution in [0.1, 0.15) is 0 Å². The molecule has 0 spiro atoms. The van der Waals surface area contributed by atoms with Crippen LogP contribution in [0, 0.1) is 6.92 Å². The highest BCUT2D eigenvalue weighted by atomic mass is 16.6. The molecule has 1 atom stereocenters. The van der Waals surface area contributed by atoms with Gasteiger partial charge in [-0.05, 0) is 6.92 Å². The molecule has 0 aliphatic heterocycles. The van der Waals surface area contributed by atoms with Crippen LogP contribution in [0.3, 0.4) is 0 Å². The quantitative estimate of drug-likeness (QED) is 0.478. The number of carbonyl (C=O) groups excluding carboxylic acids is 1. The van der Waals surface area contributed by atoms with E-state index in [1.807, 2.05) is 0 Å². The van der Waals surface area contributed by atoms with Crippen molar-refractivity contribution in [1.82, 2.24) is 0 Å². The van der Waals surface area contributed by atoms with Gasteiger partial charge in [0.2, 0.25) is 0 Å². The molecule has 0 bridgehead atoms. The van der Waals surface area contributed by atoms with Crippen LogP contribution >= 0.6 is 0 Å². The lowest BCUT2D eigenvalue weighted by Crippen LogP contribution is -2.20. The number of hydrogen-bond acceptors (Lipinski definition) is 3. The molecule has 0 amide bonds. The van der Waals surface area contributed by atoms with Crippen LogP contribution in [0.5, 0.6) is 0 Å². The molecule has 0 N–H and O–H groups in total. The Kier molecular flexibility index (Phi) is 3.19. The number of esters is 1. The highest BCUT2D eigenvalue weighted by Crippen LogP contribution is 1.87. The number of rotatable bonds is 2. The number of ether oxygens (including phenoxy) is 2. The van der Waals surface area contributed by atoms with Gasteiger partial charge in [0.15, 0.2) is 6.10 Å². The number of hydrogen-bond donors (Lipinski definition) is 0. The number of methoxy groups -OCH3 is 2. The monoisotopic (exact) mass is 117 g/mol. The van der Waals surface area contributed by atoms with Gasteiger partial charge in [0, 0.05) is 7.11 Å². The third-order valence-electron chi connectivity index (χ3n) is 0.749. The Labute approximate surface area is 48.6 Å². The van der Waals surface area contributed by atoms with Gasteiger partial charge in [0.25, 0.3) is 0 Å². The second-order valence-electron chi connectivity index (χ2n) is 1.25. The molecular formula is C5H9O3. The topological polar surface area (TPSA) is 35.5 Å². The van der Waals surface area contributed by atoms with Crippen molar-refractivity contribution in [1.29, 1.82) is 0 Å². The Morgan fingerprint density at radius 1 is 1.62 bits per heavy atom. The Morgan fingerprint density at radius 3 is 2.25 bits per heavy atom. The second kappa shape index (κ2) is 3.43. The van der Waals surface area contributed by atoms with E-state index in [2.05, 4.69) is 16.4 Å². The molecule has 0 aromatic rings. The zero-order valence-electron chi connectivity index (χ0n) is 5.01. The molecule has 0 aromatic heterocycles. The van der Waals surface area contributed by atoms with Crippen LogP contribution in [-0.4, -0.2) is 26.3 Å². The third-order valence-corrected chi connectivity index (χ3v) is 0.749. The van der Waals surface area contributed by atoms with Crippen molar-refractivity contribution in [3.63, 3.8) is 0 Å². The zero-order chi connectivity index (χ0) is 6.57. The van der Waals surface area contributed by atoms with Crippen molar-refractivity contribution in [2.24, 2.45) is 0 Å². The van der Waals surface area contributed by atoms with Crippen LogP contribution in [0.2, 0.25) is 0 Å². The van der Waals surface area contributed by atoms with Crippen LogP contribution in [-0.2, 0) is 14.3 Å². The van der Waals surface area contributed by atoms with E-state index in [-0.39, 0.29) is 0 Å². The standard InChI is InChI=1S/C5H9O3/c1-4(7-2)5(6)8-3/h4H,1H2,2-3H3. The first-order valence-corrected chi connectivity index (χ1v) is 2.16. The molecule has 1 radical (unpaired) electrons. The number of carbonyl (C=O) groups is 1. The Morgan fingerprint density at radius 2 is 2.12 bits per heavy atom. The lowest BCUT2D eigenvalue weighted by atomic mass is 10.4. The largest absolute Gasteiger partial charge is 0.467 e. The fourth-order valence-electron chi connectivity index (χ4n) is 0.228. The maximum Gasteiger partial charge on any atom is 0.334 e. The van der Waals surface area contributed by atoms with E-state index in [4.69, 9.17) is 0 Å². The Balaban J connectivity index is 3.46. The minimum Gasteiger partial charge on any atom is -0.467 e. The first-order valence-electron chi connectivity index (χ1n) is 2.16. The van der Waals surface area contributed by atoms with Crippen LogP contribution < -0.4 is 0 Å². The Bertz CT molecular complexity index is 79.7. The van der Waals surface area contributed by atoms with Crippen molar-refractivity contribution in [3.05, 3.63) is 6.92 Å². The summed E-state index contributed by atoms with van der Waals surface area (Å²) < 4.78 is 8.79. The van der Waals surface area contributed by atoms with E-state index >= 15 is 0 Å². The summed E-state index contributed by atoms with van der Waals surface area (Å²) in [4.78, 5) is 10.3. The third kappa shape index (κ3) is 1.93. The molecule has 8 heavy (non-hydrogen) atoms. The smallest absolute Gasteiger partial charge is 0.334 e. The lowest BCUT2D eigenvalue weighted by Gasteiger charge is -2.03. The summed E-state index contributed by atoms with van der Waals surface area (Å²) in [6.07, 6.45) is -0.694. The molecule has 47 valence electrons. The first kappa shape index (κ1) is 7.43. The maximum absolute atomic E-state index is 10.3. The molecule has 0 aliphatic carbocycles. The van der Waals surface area contributed by atoms with Crippen molar-refractivity contribution in [2.75, 3.05) is 14.2 Å². The molecule has 0 saturated carbocycles. The van der Waals surface area contributed by atoms with Crippen molar-refractivity contribution in [3.8, 4) is 0 Å². The van der Waals surface area contributed by atoms with Gasteiger partial charge >= 0.3 is 5.97 Å². The van der Waals surface area contributed by atoms with Gasteiger partial charge in [0.05, 0.1) is 7.11 Å². The average Bonchev–Trinajstić information content (AvgIpc) is 1.84. The fraction of sp³-hybridized carbons (Fsp3) is 0.600. The minimum atomic E-state index is -0.694. The van der Waals surface area contributed by atoms with Crippen LogP contribution in [0.4, 0.5) is 0 Å². The molecule has 3 nitrogen and oxygen atoms in total. The summed E-state index contributed by atoms with van der Waals surface area (Å²) in [7, 11) is 2.69. The highest BCUT2D eigenvalue weighted by Gasteiger charge is 2.09. The molecule has 0 aromatic carbocycles. The predicted octanol–water partition coefficient (Wildman–Crippen LogP) is 0.00849. The van der Waals surface area contributed by atoms with Crippen molar-refractivity contribution < 1.29 is 14.3 Å². The van der Waals surface area contributed by atoms with E-state index in [0.717, 1.165) is 0 Å². The molecule has 3 heteroatoms. The van der Waals surface area contributed by atoms with E-state index in [1.54, 1.807) is 0 Å². The molecular weight excluding hydrogens is 108 g/mol. The normalized spacial score (nSPS) is 12.9. The van der Waals surface area contributed by atoms with E-state index in [9.17, 15) is 4.79 Å². The minimum absolute atomic E-state index is 0.451. The lowest BCUT2D eigenvalue weighted by molar-refractivity contribution is -0.149. The summed E-state index contributed by atoms with van der Waals surface area (Å²) in [5.74, 6) is -0.451. The highest BCUT2D eigenvalue weighted by molar-refractivity contribution is 5.75. The molecule has 0 fully saturated rings. The van der Waals surface area contributed by atoms with Gasteiger partial charge in [-0.3, -0.25) is 0 Å². The molecule has 0 saturated heterocycles. The summed E-state index contributed by atoms with van der Waals surface area (Å²) in [6.45, 7) is 3.33. The SMILES string of the molecule is [CH2]C(OC)C(=O)OC. The molecule has 0 aliphatic rings. The predicted molar refractivity (Wildman–Crippen MR) is 28.2 cm³/mol. The van der Waals surface area contributed by atoms with Crippen LogP contribution in [0.15, 0.2) is 0 Å². The van der Waals surface area contributed by atoms with E-state index in [1.165, 1.54) is 14.2 Å². The van der Waals surface area contributed by atoms with Gasteiger partial charge in [-0.15, -0.1) is 0 Å². The fourth-order valence-corrected chi connectivity index (χ4v) is 0.228. The zero-order valence-corrected chi connectivity index (χ0v) is 5.01. The summed E-state index contributed by atoms with van der Waals surface area (Å²) in [6, 6.07) is 0. The first-order chi connectivity index (χ1) is 3.72. The summed E-state index contributed by atoms with van der Waals surface area (Å²) in [5.41, 5.74) is 0. The van der Waals surface area contributed by atoms with Gasteiger partial charge in [0.1, 0.15) is 0 Å². The average molecular weight is 117 g/mol. The van der Waals surface area contributed by atoms with E-state index < -0.39 is 12.1 Å². The van der Waals surface area contributed by atoms with Gasteiger partial charge in [-0.25, -0.2) is 4.79 Å². The van der Waals surface area contributed by atoms with Gasteiger partial charge in [-0.2, -0.15) is 0 Å². The molecule has 0 rings (SSSR count). The second-order valence-corrected chi connectivity index (χ2v) is 1.25. The van der Waals surface area contributed by atoms with E-state index in [0.29, 0.717) is 0 Å².